The number of carbonyl (C=O) groups is 1. The Bertz CT molecular complexity index is 862. The van der Waals surface area contributed by atoms with Crippen molar-refractivity contribution in [1.82, 2.24) is 0 Å². The van der Waals surface area contributed by atoms with Gasteiger partial charge in [0.1, 0.15) is 0 Å². The van der Waals surface area contributed by atoms with Crippen molar-refractivity contribution in [1.29, 1.82) is 0 Å². The second kappa shape index (κ2) is 7.94. The standard InChI is InChI=1S/C20H20O5S2/c1-22-15-5-4-12(8-16(15)23-2)19(21)13-9-17-18(25-11-24-17)10-14(13)20-26-6-3-7-27-20/h4-5,8-10,20H,3,6-7,11H2,1-2H3. The maximum atomic E-state index is 13.4. The maximum Gasteiger partial charge on any atom is 0.231 e. The van der Waals surface area contributed by atoms with Gasteiger partial charge < -0.3 is 18.9 Å². The summed E-state index contributed by atoms with van der Waals surface area (Å²) in [4.78, 5) is 13.4. The second-order valence-corrected chi connectivity index (χ2v) is 8.84. The van der Waals surface area contributed by atoms with Crippen LogP contribution in [0.5, 0.6) is 23.0 Å². The molecule has 0 bridgehead atoms. The maximum absolute atomic E-state index is 13.4. The van der Waals surface area contributed by atoms with E-state index in [0.717, 1.165) is 17.1 Å². The van der Waals surface area contributed by atoms with Crippen LogP contribution in [-0.4, -0.2) is 38.3 Å². The molecule has 0 atom stereocenters. The van der Waals surface area contributed by atoms with Gasteiger partial charge in [0.25, 0.3) is 0 Å². The lowest BCUT2D eigenvalue weighted by atomic mass is 9.98. The summed E-state index contributed by atoms with van der Waals surface area (Å²) in [5, 5.41) is 0. The lowest BCUT2D eigenvalue weighted by Crippen LogP contribution is -2.09. The minimum atomic E-state index is -0.0592. The number of hydrogen-bond donors (Lipinski definition) is 0. The molecule has 1 fully saturated rings. The summed E-state index contributed by atoms with van der Waals surface area (Å²) in [5.74, 6) is 4.59. The van der Waals surface area contributed by atoms with Gasteiger partial charge in [-0.05, 0) is 53.8 Å². The Hall–Kier alpha value is -1.99. The van der Waals surface area contributed by atoms with E-state index in [2.05, 4.69) is 0 Å². The van der Waals surface area contributed by atoms with Gasteiger partial charge in [0, 0.05) is 11.1 Å². The molecular formula is C20H20O5S2. The van der Waals surface area contributed by atoms with E-state index in [1.807, 2.05) is 35.7 Å². The highest BCUT2D eigenvalue weighted by atomic mass is 32.2. The molecule has 2 aromatic rings. The molecule has 2 aromatic carbocycles. The van der Waals surface area contributed by atoms with Gasteiger partial charge in [-0.1, -0.05) is 0 Å². The molecule has 142 valence electrons. The number of thioether (sulfide) groups is 2. The molecule has 0 aliphatic carbocycles. The smallest absolute Gasteiger partial charge is 0.231 e. The second-order valence-electron chi connectivity index (χ2n) is 6.12. The lowest BCUT2D eigenvalue weighted by Gasteiger charge is -2.23. The fraction of sp³-hybridized carbons (Fsp3) is 0.350. The number of rotatable bonds is 5. The number of fused-ring (bicyclic) bond motifs is 1. The van der Waals surface area contributed by atoms with E-state index in [9.17, 15) is 4.79 Å². The van der Waals surface area contributed by atoms with E-state index in [0.29, 0.717) is 34.1 Å². The molecule has 2 aliphatic heterocycles. The molecule has 0 unspecified atom stereocenters. The van der Waals surface area contributed by atoms with Crippen LogP contribution in [0, 0.1) is 0 Å². The largest absolute Gasteiger partial charge is 0.493 e. The van der Waals surface area contributed by atoms with E-state index in [-0.39, 0.29) is 17.2 Å². The molecule has 0 N–H and O–H groups in total. The third-order valence-corrected chi connectivity index (χ3v) is 7.49. The number of ketones is 1. The highest BCUT2D eigenvalue weighted by molar-refractivity contribution is 8.16. The van der Waals surface area contributed by atoms with E-state index < -0.39 is 0 Å². The third-order valence-electron chi connectivity index (χ3n) is 4.52. The molecule has 2 aliphatic rings. The zero-order valence-electron chi connectivity index (χ0n) is 15.2. The van der Waals surface area contributed by atoms with Crippen LogP contribution in [0.1, 0.15) is 32.5 Å². The number of methoxy groups -OCH3 is 2. The van der Waals surface area contributed by atoms with Gasteiger partial charge in [-0.25, -0.2) is 0 Å². The van der Waals surface area contributed by atoms with Crippen molar-refractivity contribution in [2.75, 3.05) is 32.5 Å². The lowest BCUT2D eigenvalue weighted by molar-refractivity contribution is 0.103. The topological polar surface area (TPSA) is 54.0 Å². The molecule has 27 heavy (non-hydrogen) atoms. The SMILES string of the molecule is COc1ccc(C(=O)c2cc3c(cc2C2SCCCS2)OCO3)cc1OC. The normalized spacial score (nSPS) is 16.2. The Kier molecular flexibility index (Phi) is 5.41. The van der Waals surface area contributed by atoms with Crippen LogP contribution >= 0.6 is 23.5 Å². The van der Waals surface area contributed by atoms with Crippen molar-refractivity contribution in [3.8, 4) is 23.0 Å². The fourth-order valence-corrected chi connectivity index (χ4v) is 6.09. The van der Waals surface area contributed by atoms with Crippen molar-refractivity contribution < 1.29 is 23.7 Å². The first-order valence-electron chi connectivity index (χ1n) is 8.64. The van der Waals surface area contributed by atoms with Gasteiger partial charge >= 0.3 is 0 Å². The van der Waals surface area contributed by atoms with Crippen LogP contribution in [0.15, 0.2) is 30.3 Å². The quantitative estimate of drug-likeness (QED) is 0.679. The average Bonchev–Trinajstić information content (AvgIpc) is 3.20. The Morgan fingerprint density at radius 3 is 2.41 bits per heavy atom. The molecule has 2 heterocycles. The van der Waals surface area contributed by atoms with E-state index >= 15 is 0 Å². The van der Waals surface area contributed by atoms with Crippen molar-refractivity contribution in [2.45, 2.75) is 11.0 Å². The Morgan fingerprint density at radius 1 is 1.00 bits per heavy atom. The summed E-state index contributed by atoms with van der Waals surface area (Å²) in [6, 6.07) is 9.01. The molecule has 0 radical (unpaired) electrons. The highest BCUT2D eigenvalue weighted by Gasteiger charge is 2.28. The third kappa shape index (κ3) is 3.58. The number of carbonyl (C=O) groups excluding carboxylic acids is 1. The van der Waals surface area contributed by atoms with Crippen LogP contribution in [-0.2, 0) is 0 Å². The minimum absolute atomic E-state index is 0.0592. The molecule has 4 rings (SSSR count). The zero-order chi connectivity index (χ0) is 18.8. The van der Waals surface area contributed by atoms with Gasteiger partial charge in [-0.15, -0.1) is 23.5 Å². The first-order valence-corrected chi connectivity index (χ1v) is 10.7. The van der Waals surface area contributed by atoms with Gasteiger partial charge in [0.05, 0.1) is 18.8 Å². The molecule has 1 saturated heterocycles. The number of hydrogen-bond acceptors (Lipinski definition) is 7. The van der Waals surface area contributed by atoms with Gasteiger partial charge in [-0.3, -0.25) is 4.79 Å². The predicted molar refractivity (Wildman–Crippen MR) is 108 cm³/mol. The fourth-order valence-electron chi connectivity index (χ4n) is 3.15. The van der Waals surface area contributed by atoms with Crippen molar-refractivity contribution in [3.05, 3.63) is 47.0 Å². The molecular weight excluding hydrogens is 384 g/mol. The van der Waals surface area contributed by atoms with Crippen molar-refractivity contribution in [3.63, 3.8) is 0 Å². The summed E-state index contributed by atoms with van der Waals surface area (Å²) in [5.41, 5.74) is 2.20. The van der Waals surface area contributed by atoms with Crippen LogP contribution < -0.4 is 18.9 Å². The Morgan fingerprint density at radius 2 is 1.70 bits per heavy atom. The van der Waals surface area contributed by atoms with Crippen molar-refractivity contribution in [2.24, 2.45) is 0 Å². The Balaban J connectivity index is 1.76. The Labute approximate surface area is 166 Å². The van der Waals surface area contributed by atoms with Gasteiger partial charge in [0.2, 0.25) is 6.79 Å². The summed E-state index contributed by atoms with van der Waals surface area (Å²) in [6.07, 6.45) is 1.19. The first kappa shape index (κ1) is 18.4. The summed E-state index contributed by atoms with van der Waals surface area (Å²) >= 11 is 3.74. The first-order chi connectivity index (χ1) is 13.2. The number of benzene rings is 2. The number of ether oxygens (including phenoxy) is 4. The monoisotopic (exact) mass is 404 g/mol. The van der Waals surface area contributed by atoms with E-state index in [1.54, 1.807) is 32.4 Å². The molecule has 5 nitrogen and oxygen atoms in total. The minimum Gasteiger partial charge on any atom is -0.493 e. The van der Waals surface area contributed by atoms with Gasteiger partial charge in [0.15, 0.2) is 28.8 Å². The zero-order valence-corrected chi connectivity index (χ0v) is 16.8. The van der Waals surface area contributed by atoms with Crippen LogP contribution in [0.3, 0.4) is 0 Å². The van der Waals surface area contributed by atoms with Crippen LogP contribution in [0.2, 0.25) is 0 Å². The molecule has 0 amide bonds. The van der Waals surface area contributed by atoms with Crippen molar-refractivity contribution >= 4 is 29.3 Å². The van der Waals surface area contributed by atoms with Crippen LogP contribution in [0.25, 0.3) is 0 Å². The predicted octanol–water partition coefficient (Wildman–Crippen LogP) is 4.53. The molecule has 7 heteroatoms. The summed E-state index contributed by atoms with van der Waals surface area (Å²) in [6.45, 7) is 0.188. The van der Waals surface area contributed by atoms with Crippen LogP contribution in [0.4, 0.5) is 0 Å². The summed E-state index contributed by atoms with van der Waals surface area (Å²) in [7, 11) is 3.14. The van der Waals surface area contributed by atoms with E-state index in [1.165, 1.54) is 6.42 Å². The molecule has 0 aromatic heterocycles. The molecule has 0 saturated carbocycles. The average molecular weight is 405 g/mol. The summed E-state index contributed by atoms with van der Waals surface area (Å²) < 4.78 is 21.9. The highest BCUT2D eigenvalue weighted by Crippen LogP contribution is 2.48. The van der Waals surface area contributed by atoms with E-state index in [4.69, 9.17) is 18.9 Å². The molecule has 0 spiro atoms. The van der Waals surface area contributed by atoms with Gasteiger partial charge in [-0.2, -0.15) is 0 Å².